The SMILES string of the molecule is O=S([O-])Nc1ccccc1NC1CCCCCC1. The minimum absolute atomic E-state index is 0.454. The van der Waals surface area contributed by atoms with Gasteiger partial charge in [0.1, 0.15) is 0 Å². The number of benzene rings is 1. The van der Waals surface area contributed by atoms with E-state index in [1.165, 1.54) is 25.7 Å². The molecule has 0 spiro atoms. The second kappa shape index (κ2) is 6.75. The molecule has 5 heteroatoms. The number of nitrogens with one attached hydrogen (secondary N) is 2. The van der Waals surface area contributed by atoms with Crippen molar-refractivity contribution in [1.29, 1.82) is 0 Å². The first kappa shape index (κ1) is 13.4. The van der Waals surface area contributed by atoms with Crippen molar-refractivity contribution < 1.29 is 8.76 Å². The molecule has 1 fully saturated rings. The summed E-state index contributed by atoms with van der Waals surface area (Å²) in [5.74, 6) is 0. The molecule has 0 heterocycles. The Labute approximate surface area is 111 Å². The van der Waals surface area contributed by atoms with E-state index in [0.717, 1.165) is 18.5 Å². The monoisotopic (exact) mass is 267 g/mol. The standard InChI is InChI=1S/C13H20N2O2S/c16-18(17)15-13-10-6-5-9-12(13)14-11-7-3-1-2-4-8-11/h5-6,9-11,14-15H,1-4,7-8H2,(H,16,17)/p-1. The van der Waals surface area contributed by atoms with Gasteiger partial charge in [-0.2, -0.15) is 0 Å². The van der Waals surface area contributed by atoms with Crippen molar-refractivity contribution in [2.45, 2.75) is 44.6 Å². The largest absolute Gasteiger partial charge is 0.755 e. The molecule has 0 saturated heterocycles. The summed E-state index contributed by atoms with van der Waals surface area (Å²) in [5.41, 5.74) is 1.49. The highest BCUT2D eigenvalue weighted by Crippen LogP contribution is 2.26. The first-order valence-electron chi connectivity index (χ1n) is 6.47. The van der Waals surface area contributed by atoms with E-state index in [-0.39, 0.29) is 0 Å². The van der Waals surface area contributed by atoms with Crippen LogP contribution in [0.5, 0.6) is 0 Å². The van der Waals surface area contributed by atoms with Crippen molar-refractivity contribution in [2.75, 3.05) is 10.0 Å². The van der Waals surface area contributed by atoms with Crippen LogP contribution in [-0.4, -0.2) is 14.8 Å². The van der Waals surface area contributed by atoms with E-state index in [4.69, 9.17) is 0 Å². The van der Waals surface area contributed by atoms with E-state index >= 15 is 0 Å². The lowest BCUT2D eigenvalue weighted by atomic mass is 10.1. The Morgan fingerprint density at radius 3 is 2.28 bits per heavy atom. The molecule has 100 valence electrons. The maximum atomic E-state index is 10.7. The maximum Gasteiger partial charge on any atom is 0.0685 e. The Kier molecular flexibility index (Phi) is 5.01. The van der Waals surface area contributed by atoms with Gasteiger partial charge in [0.05, 0.1) is 11.4 Å². The third-order valence-corrected chi connectivity index (χ3v) is 3.72. The number of para-hydroxylation sites is 2. The lowest BCUT2D eigenvalue weighted by molar-refractivity contribution is 0.542. The van der Waals surface area contributed by atoms with Crippen LogP contribution in [0.3, 0.4) is 0 Å². The fraction of sp³-hybridized carbons (Fsp3) is 0.538. The fourth-order valence-electron chi connectivity index (χ4n) is 2.43. The number of hydrogen-bond donors (Lipinski definition) is 2. The summed E-state index contributed by atoms with van der Waals surface area (Å²) in [6, 6.07) is 7.89. The molecule has 1 aliphatic carbocycles. The van der Waals surface area contributed by atoms with Gasteiger partial charge in [-0.05, 0) is 25.0 Å². The molecule has 18 heavy (non-hydrogen) atoms. The van der Waals surface area contributed by atoms with Crippen molar-refractivity contribution >= 4 is 22.6 Å². The smallest absolute Gasteiger partial charge is 0.0685 e. The van der Waals surface area contributed by atoms with Crippen LogP contribution in [0.15, 0.2) is 24.3 Å². The van der Waals surface area contributed by atoms with Gasteiger partial charge in [-0.25, -0.2) is 0 Å². The van der Waals surface area contributed by atoms with E-state index < -0.39 is 11.3 Å². The molecule has 1 saturated carbocycles. The Bertz CT molecular complexity index is 404. The lowest BCUT2D eigenvalue weighted by Crippen LogP contribution is -2.19. The van der Waals surface area contributed by atoms with Crippen LogP contribution in [0.4, 0.5) is 11.4 Å². The molecule has 0 radical (unpaired) electrons. The molecule has 2 N–H and O–H groups in total. The number of rotatable bonds is 4. The summed E-state index contributed by atoms with van der Waals surface area (Å²) < 4.78 is 23.9. The average Bonchev–Trinajstić information content (AvgIpc) is 2.60. The van der Waals surface area contributed by atoms with Crippen LogP contribution in [0.25, 0.3) is 0 Å². The van der Waals surface area contributed by atoms with Crippen LogP contribution in [0.2, 0.25) is 0 Å². The normalized spacial score (nSPS) is 18.9. The van der Waals surface area contributed by atoms with Crippen molar-refractivity contribution in [1.82, 2.24) is 0 Å². The summed E-state index contributed by atoms with van der Waals surface area (Å²) in [4.78, 5) is 0. The van der Waals surface area contributed by atoms with Crippen LogP contribution in [0, 0.1) is 0 Å². The molecule has 1 aromatic carbocycles. The average molecular weight is 267 g/mol. The van der Waals surface area contributed by atoms with Gasteiger partial charge in [-0.3, -0.25) is 4.21 Å². The zero-order chi connectivity index (χ0) is 12.8. The predicted molar refractivity (Wildman–Crippen MR) is 74.1 cm³/mol. The first-order valence-corrected chi connectivity index (χ1v) is 7.54. The highest BCUT2D eigenvalue weighted by Gasteiger charge is 2.13. The molecule has 1 aliphatic rings. The van der Waals surface area contributed by atoms with Gasteiger partial charge in [-0.1, -0.05) is 37.8 Å². The topological polar surface area (TPSA) is 64.2 Å². The molecule has 0 aliphatic heterocycles. The van der Waals surface area contributed by atoms with Crippen LogP contribution >= 0.6 is 0 Å². The van der Waals surface area contributed by atoms with E-state index in [9.17, 15) is 8.76 Å². The predicted octanol–water partition coefficient (Wildman–Crippen LogP) is 3.03. The van der Waals surface area contributed by atoms with Crippen molar-refractivity contribution in [3.8, 4) is 0 Å². The van der Waals surface area contributed by atoms with E-state index in [0.29, 0.717) is 11.7 Å². The minimum atomic E-state index is -2.28. The lowest BCUT2D eigenvalue weighted by Gasteiger charge is -2.21. The van der Waals surface area contributed by atoms with Gasteiger partial charge < -0.3 is 14.6 Å². The van der Waals surface area contributed by atoms with Crippen LogP contribution in [0.1, 0.15) is 38.5 Å². The Hall–Kier alpha value is -1.07. The summed E-state index contributed by atoms with van der Waals surface area (Å²) in [6.07, 6.45) is 7.44. The van der Waals surface area contributed by atoms with Gasteiger partial charge in [0.15, 0.2) is 0 Å². The highest BCUT2D eigenvalue weighted by molar-refractivity contribution is 7.80. The van der Waals surface area contributed by atoms with Gasteiger partial charge in [0.2, 0.25) is 0 Å². The third kappa shape index (κ3) is 3.99. The summed E-state index contributed by atoms with van der Waals surface area (Å²) in [7, 11) is 0. The van der Waals surface area contributed by atoms with E-state index in [1.807, 2.05) is 18.2 Å². The maximum absolute atomic E-state index is 10.7. The van der Waals surface area contributed by atoms with Crippen molar-refractivity contribution in [3.63, 3.8) is 0 Å². The van der Waals surface area contributed by atoms with Crippen LogP contribution in [-0.2, 0) is 11.3 Å². The molecular weight excluding hydrogens is 248 g/mol. The molecule has 1 aromatic rings. The Morgan fingerprint density at radius 1 is 1.06 bits per heavy atom. The summed E-state index contributed by atoms with van der Waals surface area (Å²) >= 11 is -2.28. The molecule has 4 nitrogen and oxygen atoms in total. The van der Waals surface area contributed by atoms with Crippen molar-refractivity contribution in [3.05, 3.63) is 24.3 Å². The molecule has 2 rings (SSSR count). The summed E-state index contributed by atoms with van der Waals surface area (Å²) in [6.45, 7) is 0. The molecule has 0 amide bonds. The quantitative estimate of drug-likeness (QED) is 0.651. The van der Waals surface area contributed by atoms with Crippen molar-refractivity contribution in [2.24, 2.45) is 0 Å². The Balaban J connectivity index is 2.04. The second-order valence-electron chi connectivity index (χ2n) is 4.72. The Morgan fingerprint density at radius 2 is 1.67 bits per heavy atom. The highest BCUT2D eigenvalue weighted by atomic mass is 32.2. The zero-order valence-electron chi connectivity index (χ0n) is 10.4. The fourth-order valence-corrected chi connectivity index (χ4v) is 2.79. The number of anilines is 2. The zero-order valence-corrected chi connectivity index (χ0v) is 11.2. The van der Waals surface area contributed by atoms with E-state index in [1.54, 1.807) is 6.07 Å². The van der Waals surface area contributed by atoms with Gasteiger partial charge >= 0.3 is 0 Å². The van der Waals surface area contributed by atoms with Gasteiger partial charge in [0.25, 0.3) is 0 Å². The molecular formula is C13H19N2O2S-. The van der Waals surface area contributed by atoms with Gasteiger partial charge in [0, 0.05) is 17.3 Å². The molecule has 1 atom stereocenters. The number of hydrogen-bond acceptors (Lipinski definition) is 3. The molecule has 0 aromatic heterocycles. The molecule has 1 unspecified atom stereocenters. The van der Waals surface area contributed by atoms with Gasteiger partial charge in [-0.15, -0.1) is 0 Å². The molecule has 0 bridgehead atoms. The van der Waals surface area contributed by atoms with E-state index in [2.05, 4.69) is 10.0 Å². The minimum Gasteiger partial charge on any atom is -0.755 e. The first-order chi connectivity index (χ1) is 8.75. The third-order valence-electron chi connectivity index (χ3n) is 3.34. The second-order valence-corrected chi connectivity index (χ2v) is 5.39. The summed E-state index contributed by atoms with van der Waals surface area (Å²) in [5, 5.41) is 3.46. The van der Waals surface area contributed by atoms with Crippen LogP contribution < -0.4 is 10.0 Å².